The number of aromatic amines is 1. The number of methoxy groups -OCH3 is 1. The highest BCUT2D eigenvalue weighted by Crippen LogP contribution is 2.23. The predicted octanol–water partition coefficient (Wildman–Crippen LogP) is 1.88. The molecule has 1 aliphatic carbocycles. The van der Waals surface area contributed by atoms with Gasteiger partial charge in [0.05, 0.1) is 12.8 Å². The van der Waals surface area contributed by atoms with Gasteiger partial charge in [-0.05, 0) is 30.5 Å². The fourth-order valence-corrected chi connectivity index (χ4v) is 1.86. The van der Waals surface area contributed by atoms with Gasteiger partial charge in [0.25, 0.3) is 0 Å². The number of ether oxygens (including phenoxy) is 1. The first kappa shape index (κ1) is 10.7. The van der Waals surface area contributed by atoms with E-state index in [1.807, 2.05) is 6.92 Å². The molecule has 0 saturated heterocycles. The van der Waals surface area contributed by atoms with Gasteiger partial charge < -0.3 is 9.72 Å². The van der Waals surface area contributed by atoms with Gasteiger partial charge in [0.2, 0.25) is 5.78 Å². The van der Waals surface area contributed by atoms with Crippen LogP contribution in [-0.2, 0) is 11.2 Å². The Morgan fingerprint density at radius 3 is 2.94 bits per heavy atom. The molecule has 16 heavy (non-hydrogen) atoms. The topological polar surface area (TPSA) is 59.2 Å². The van der Waals surface area contributed by atoms with Crippen molar-refractivity contribution in [3.8, 4) is 0 Å². The minimum atomic E-state index is -0.444. The first-order valence-electron chi connectivity index (χ1n) is 5.19. The Morgan fingerprint density at radius 2 is 2.31 bits per heavy atom. The summed E-state index contributed by atoms with van der Waals surface area (Å²) in [7, 11) is 1.32. The number of hydrogen-bond donors (Lipinski definition) is 1. The van der Waals surface area contributed by atoms with Crippen LogP contribution in [0.5, 0.6) is 0 Å². The van der Waals surface area contributed by atoms with Crippen LogP contribution in [0.15, 0.2) is 17.7 Å². The van der Waals surface area contributed by atoms with Gasteiger partial charge in [-0.25, -0.2) is 4.79 Å². The molecule has 2 rings (SSSR count). The van der Waals surface area contributed by atoms with E-state index in [-0.39, 0.29) is 5.78 Å². The smallest absolute Gasteiger partial charge is 0.354 e. The first-order valence-corrected chi connectivity index (χ1v) is 5.19. The molecule has 4 nitrogen and oxygen atoms in total. The molecule has 0 unspecified atom stereocenters. The summed E-state index contributed by atoms with van der Waals surface area (Å²) in [4.78, 5) is 25.8. The standard InChI is InChI=1S/C12H13NO3/c1-3-7-4-8-6-9(12(15)16-2)13-11(8)10(14)5-7/h5-6,13H,3-4H2,1-2H3. The number of ketones is 1. The van der Waals surface area contributed by atoms with Gasteiger partial charge >= 0.3 is 5.97 Å². The zero-order valence-electron chi connectivity index (χ0n) is 9.29. The largest absolute Gasteiger partial charge is 0.464 e. The molecule has 1 aromatic rings. The maximum absolute atomic E-state index is 11.7. The lowest BCUT2D eigenvalue weighted by Gasteiger charge is -2.10. The lowest BCUT2D eigenvalue weighted by Crippen LogP contribution is -2.08. The molecular weight excluding hydrogens is 206 g/mol. The van der Waals surface area contributed by atoms with Crippen molar-refractivity contribution < 1.29 is 14.3 Å². The Morgan fingerprint density at radius 1 is 1.56 bits per heavy atom. The molecule has 0 aliphatic heterocycles. The molecule has 1 aromatic heterocycles. The van der Waals surface area contributed by atoms with Crippen molar-refractivity contribution in [3.05, 3.63) is 34.7 Å². The maximum atomic E-state index is 11.7. The van der Waals surface area contributed by atoms with Gasteiger partial charge in [0.15, 0.2) is 0 Å². The van der Waals surface area contributed by atoms with Gasteiger partial charge in [0.1, 0.15) is 5.69 Å². The summed E-state index contributed by atoms with van der Waals surface area (Å²) in [6.45, 7) is 2.01. The van der Waals surface area contributed by atoms with Crippen LogP contribution in [0.3, 0.4) is 0 Å². The number of esters is 1. The normalized spacial score (nSPS) is 14.4. The maximum Gasteiger partial charge on any atom is 0.354 e. The van der Waals surface area contributed by atoms with E-state index >= 15 is 0 Å². The van der Waals surface area contributed by atoms with Crippen LogP contribution in [0.25, 0.3) is 0 Å². The zero-order chi connectivity index (χ0) is 11.7. The van der Waals surface area contributed by atoms with Crippen LogP contribution in [0.2, 0.25) is 0 Å². The summed E-state index contributed by atoms with van der Waals surface area (Å²) < 4.78 is 4.60. The molecule has 0 amide bonds. The van der Waals surface area contributed by atoms with Crippen molar-refractivity contribution in [2.75, 3.05) is 7.11 Å². The molecule has 0 bridgehead atoms. The predicted molar refractivity (Wildman–Crippen MR) is 58.5 cm³/mol. The van der Waals surface area contributed by atoms with E-state index in [0.717, 1.165) is 24.0 Å². The minimum absolute atomic E-state index is 0.0618. The number of allylic oxidation sites excluding steroid dienone is 2. The molecule has 4 heteroatoms. The van der Waals surface area contributed by atoms with Gasteiger partial charge in [-0.3, -0.25) is 4.79 Å². The average molecular weight is 219 g/mol. The van der Waals surface area contributed by atoms with Gasteiger partial charge in [0, 0.05) is 0 Å². The molecule has 0 radical (unpaired) electrons. The van der Waals surface area contributed by atoms with E-state index in [9.17, 15) is 9.59 Å². The van der Waals surface area contributed by atoms with Crippen molar-refractivity contribution in [3.63, 3.8) is 0 Å². The van der Waals surface area contributed by atoms with Crippen molar-refractivity contribution in [1.82, 2.24) is 4.98 Å². The quantitative estimate of drug-likeness (QED) is 0.772. The summed E-state index contributed by atoms with van der Waals surface area (Å²) in [6, 6.07) is 1.70. The second-order valence-corrected chi connectivity index (χ2v) is 3.77. The number of carbonyl (C=O) groups excluding carboxylic acids is 2. The van der Waals surface area contributed by atoms with E-state index in [0.29, 0.717) is 11.4 Å². The number of hydrogen-bond acceptors (Lipinski definition) is 3. The Hall–Kier alpha value is -1.84. The molecule has 84 valence electrons. The first-order chi connectivity index (χ1) is 7.65. The molecule has 0 aromatic carbocycles. The second-order valence-electron chi connectivity index (χ2n) is 3.77. The number of carbonyl (C=O) groups is 2. The van der Waals surface area contributed by atoms with E-state index in [1.54, 1.807) is 12.1 Å². The summed E-state index contributed by atoms with van der Waals surface area (Å²) in [5.74, 6) is -0.506. The summed E-state index contributed by atoms with van der Waals surface area (Å²) in [5, 5.41) is 0. The van der Waals surface area contributed by atoms with Crippen molar-refractivity contribution in [2.45, 2.75) is 19.8 Å². The van der Waals surface area contributed by atoms with Crippen LogP contribution in [0.4, 0.5) is 0 Å². The summed E-state index contributed by atoms with van der Waals surface area (Å²) in [6.07, 6.45) is 3.22. The number of H-pyrrole nitrogens is 1. The Kier molecular flexibility index (Phi) is 2.64. The molecule has 1 heterocycles. The molecule has 0 saturated carbocycles. The van der Waals surface area contributed by atoms with Crippen LogP contribution in [0.1, 0.15) is 39.9 Å². The molecule has 0 spiro atoms. The Bertz CT molecular complexity index is 482. The number of nitrogens with one attached hydrogen (secondary N) is 1. The zero-order valence-corrected chi connectivity index (χ0v) is 9.29. The summed E-state index contributed by atoms with van der Waals surface area (Å²) in [5.41, 5.74) is 2.82. The van der Waals surface area contributed by atoms with Crippen LogP contribution in [-0.4, -0.2) is 23.8 Å². The lowest BCUT2D eigenvalue weighted by molar-refractivity contribution is 0.0595. The Labute approximate surface area is 93.3 Å². The van der Waals surface area contributed by atoms with Crippen LogP contribution in [0, 0.1) is 0 Å². The van der Waals surface area contributed by atoms with Crippen molar-refractivity contribution in [2.24, 2.45) is 0 Å². The Balaban J connectivity index is 2.38. The van der Waals surface area contributed by atoms with E-state index in [2.05, 4.69) is 9.72 Å². The third kappa shape index (κ3) is 1.66. The highest BCUT2D eigenvalue weighted by molar-refractivity contribution is 6.07. The number of rotatable bonds is 2. The monoisotopic (exact) mass is 219 g/mol. The van der Waals surface area contributed by atoms with Crippen molar-refractivity contribution >= 4 is 11.8 Å². The van der Waals surface area contributed by atoms with Crippen LogP contribution >= 0.6 is 0 Å². The van der Waals surface area contributed by atoms with Crippen LogP contribution < -0.4 is 0 Å². The van der Waals surface area contributed by atoms with Crippen molar-refractivity contribution in [1.29, 1.82) is 0 Å². The molecule has 0 atom stereocenters. The summed E-state index contributed by atoms with van der Waals surface area (Å²) >= 11 is 0. The molecule has 1 aliphatic rings. The second kappa shape index (κ2) is 3.96. The fourth-order valence-electron chi connectivity index (χ4n) is 1.86. The molecule has 1 N–H and O–H groups in total. The highest BCUT2D eigenvalue weighted by Gasteiger charge is 2.22. The lowest BCUT2D eigenvalue weighted by atomic mass is 9.95. The number of fused-ring (bicyclic) bond motifs is 1. The average Bonchev–Trinajstić information content (AvgIpc) is 2.72. The third-order valence-corrected chi connectivity index (χ3v) is 2.76. The third-order valence-electron chi connectivity index (χ3n) is 2.76. The number of aromatic nitrogens is 1. The van der Waals surface area contributed by atoms with Gasteiger partial charge in [-0.15, -0.1) is 0 Å². The van der Waals surface area contributed by atoms with Gasteiger partial charge in [-0.2, -0.15) is 0 Å². The molecular formula is C12H13NO3. The highest BCUT2D eigenvalue weighted by atomic mass is 16.5. The molecule has 0 fully saturated rings. The van der Waals surface area contributed by atoms with E-state index in [4.69, 9.17) is 0 Å². The van der Waals surface area contributed by atoms with E-state index < -0.39 is 5.97 Å². The SMILES string of the molecule is CCC1=CC(=O)c2[nH]c(C(=O)OC)cc2C1. The van der Waals surface area contributed by atoms with E-state index in [1.165, 1.54) is 7.11 Å². The van der Waals surface area contributed by atoms with Gasteiger partial charge in [-0.1, -0.05) is 12.5 Å². The minimum Gasteiger partial charge on any atom is -0.464 e. The fraction of sp³-hybridized carbons (Fsp3) is 0.333.